The van der Waals surface area contributed by atoms with Gasteiger partial charge in [-0.25, -0.2) is 26.3 Å². The number of hydrogen-bond acceptors (Lipinski definition) is 7. The van der Waals surface area contributed by atoms with Gasteiger partial charge in [0.05, 0.1) is 17.0 Å². The van der Waals surface area contributed by atoms with E-state index in [-0.39, 0.29) is 41.1 Å². The number of rotatable bonds is 12. The molecule has 0 radical (unpaired) electrons. The Morgan fingerprint density at radius 1 is 1.09 bits per heavy atom. The van der Waals surface area contributed by atoms with E-state index in [0.29, 0.717) is 25.9 Å². The number of aromatic nitrogens is 2. The fourth-order valence-corrected chi connectivity index (χ4v) is 7.51. The van der Waals surface area contributed by atoms with E-state index in [0.717, 1.165) is 28.9 Å². The first-order chi connectivity index (χ1) is 20.6. The normalized spacial score (nSPS) is 17.2. The number of nitrogens with one attached hydrogen (secondary N) is 2. The van der Waals surface area contributed by atoms with Crippen molar-refractivity contribution in [2.24, 2.45) is 5.92 Å². The van der Waals surface area contributed by atoms with Crippen LogP contribution in [-0.4, -0.2) is 63.7 Å². The summed E-state index contributed by atoms with van der Waals surface area (Å²) in [6.07, 6.45) is 0.964. The molecule has 3 aromatic rings. The van der Waals surface area contributed by atoms with Crippen LogP contribution in [0.15, 0.2) is 24.3 Å². The summed E-state index contributed by atoms with van der Waals surface area (Å²) in [6.45, 7) is 7.96. The molecule has 15 heteroatoms. The minimum atomic E-state index is -4.11. The number of sulfonamides is 1. The molecule has 1 amide bonds. The third-order valence-electron chi connectivity index (χ3n) is 7.41. The second-order valence-corrected chi connectivity index (χ2v) is 19.6. The van der Waals surface area contributed by atoms with Crippen LogP contribution in [0.5, 0.6) is 0 Å². The van der Waals surface area contributed by atoms with Crippen molar-refractivity contribution in [3.63, 3.8) is 0 Å². The Balaban J connectivity index is 1.66. The molecule has 1 saturated carbocycles. The van der Waals surface area contributed by atoms with Gasteiger partial charge in [0, 0.05) is 39.6 Å². The van der Waals surface area contributed by atoms with Crippen molar-refractivity contribution in [3.8, 4) is 11.1 Å². The fourth-order valence-electron chi connectivity index (χ4n) is 5.25. The Kier molecular flexibility index (Phi) is 10.1. The largest absolute Gasteiger partial charge is 0.463 e. The van der Waals surface area contributed by atoms with Crippen molar-refractivity contribution in [3.05, 3.63) is 47.4 Å². The Morgan fingerprint density at radius 2 is 1.82 bits per heavy atom. The van der Waals surface area contributed by atoms with E-state index in [4.69, 9.17) is 9.47 Å². The Bertz CT molecular complexity index is 1680. The predicted octanol–water partition coefficient (Wildman–Crippen LogP) is 5.27. The molecule has 2 atom stereocenters. The lowest BCUT2D eigenvalue weighted by Crippen LogP contribution is -2.23. The number of carbonyl (C=O) groups excluding carboxylic acids is 2. The summed E-state index contributed by atoms with van der Waals surface area (Å²) in [6, 6.07) is 5.06. The zero-order chi connectivity index (χ0) is 32.4. The average Bonchev–Trinajstić information content (AvgIpc) is 3.52. The molecule has 0 aliphatic heterocycles. The zero-order valence-electron chi connectivity index (χ0n) is 25.3. The number of amides is 1. The summed E-state index contributed by atoms with van der Waals surface area (Å²) in [5, 5.41) is 6.77. The summed E-state index contributed by atoms with van der Waals surface area (Å²) in [5.41, 5.74) is -2.10. The molecule has 2 aromatic carbocycles. The van der Waals surface area contributed by atoms with Gasteiger partial charge in [0.15, 0.2) is 17.3 Å². The Labute approximate surface area is 255 Å². The SMILES string of the molecule is CNC(=O)c1nn(COCC[Si](C)(C)C)c2c(F)c(-c3c(F)ccc(NS(=O)(=O)CC4CCC(OC(C)=O)C4)c3F)ccc12. The molecule has 1 heterocycles. The Hall–Kier alpha value is -3.43. The second kappa shape index (κ2) is 13.3. The molecule has 10 nitrogen and oxygen atoms in total. The second-order valence-electron chi connectivity index (χ2n) is 12.2. The van der Waals surface area contributed by atoms with Crippen molar-refractivity contribution >= 4 is 46.6 Å². The van der Waals surface area contributed by atoms with Crippen LogP contribution in [0.25, 0.3) is 22.0 Å². The molecule has 0 spiro atoms. The third-order valence-corrected chi connectivity index (χ3v) is 10.6. The minimum Gasteiger partial charge on any atom is -0.463 e. The first-order valence-electron chi connectivity index (χ1n) is 14.2. The van der Waals surface area contributed by atoms with Crippen molar-refractivity contribution in [2.75, 3.05) is 24.1 Å². The molecule has 1 fully saturated rings. The summed E-state index contributed by atoms with van der Waals surface area (Å²) >= 11 is 0. The summed E-state index contributed by atoms with van der Waals surface area (Å²) in [4.78, 5) is 23.7. The number of halogens is 3. The number of anilines is 1. The van der Waals surface area contributed by atoms with Gasteiger partial charge in [-0.05, 0) is 49.4 Å². The van der Waals surface area contributed by atoms with Gasteiger partial charge in [-0.1, -0.05) is 25.7 Å². The highest BCUT2D eigenvalue weighted by Crippen LogP contribution is 2.37. The number of esters is 1. The van der Waals surface area contributed by atoms with Gasteiger partial charge in [0.2, 0.25) is 10.0 Å². The first-order valence-corrected chi connectivity index (χ1v) is 19.6. The van der Waals surface area contributed by atoms with Crippen molar-refractivity contribution in [1.82, 2.24) is 15.1 Å². The number of hydrogen-bond donors (Lipinski definition) is 2. The highest BCUT2D eigenvalue weighted by molar-refractivity contribution is 7.92. The van der Waals surface area contributed by atoms with Gasteiger partial charge < -0.3 is 14.8 Å². The van der Waals surface area contributed by atoms with Crippen LogP contribution in [0.2, 0.25) is 25.7 Å². The summed E-state index contributed by atoms with van der Waals surface area (Å²) < 4.78 is 87.1. The average molecular weight is 655 g/mol. The number of nitrogens with zero attached hydrogens (tertiary/aromatic N) is 2. The fraction of sp³-hybridized carbons (Fsp3) is 0.483. The number of ether oxygens (including phenoxy) is 2. The van der Waals surface area contributed by atoms with Crippen molar-refractivity contribution < 1.29 is 40.7 Å². The molecule has 2 N–H and O–H groups in total. The number of fused-ring (bicyclic) bond motifs is 1. The van der Waals surface area contributed by atoms with Gasteiger partial charge in [-0.2, -0.15) is 5.10 Å². The van der Waals surface area contributed by atoms with Crippen LogP contribution in [-0.2, 0) is 31.0 Å². The Morgan fingerprint density at radius 3 is 2.48 bits per heavy atom. The van der Waals surface area contributed by atoms with E-state index in [9.17, 15) is 18.0 Å². The third kappa shape index (κ3) is 7.79. The monoisotopic (exact) mass is 654 g/mol. The molecule has 0 bridgehead atoms. The molecule has 1 aliphatic carbocycles. The lowest BCUT2D eigenvalue weighted by molar-refractivity contribution is -0.146. The van der Waals surface area contributed by atoms with Gasteiger partial charge in [-0.15, -0.1) is 0 Å². The van der Waals surface area contributed by atoms with Crippen molar-refractivity contribution in [1.29, 1.82) is 0 Å². The van der Waals surface area contributed by atoms with E-state index >= 15 is 13.2 Å². The lowest BCUT2D eigenvalue weighted by Gasteiger charge is -2.16. The molecular weight excluding hydrogens is 617 g/mol. The molecule has 240 valence electrons. The minimum absolute atomic E-state index is 0.0907. The maximum Gasteiger partial charge on any atom is 0.302 e. The van der Waals surface area contributed by atoms with Crippen LogP contribution in [0.4, 0.5) is 18.9 Å². The van der Waals surface area contributed by atoms with Gasteiger partial charge in [-0.3, -0.25) is 14.3 Å². The van der Waals surface area contributed by atoms with E-state index in [1.165, 1.54) is 20.0 Å². The van der Waals surface area contributed by atoms with Crippen LogP contribution in [0.1, 0.15) is 36.7 Å². The van der Waals surface area contributed by atoms with E-state index in [2.05, 4.69) is 34.8 Å². The summed E-state index contributed by atoms with van der Waals surface area (Å²) in [7, 11) is -4.14. The summed E-state index contributed by atoms with van der Waals surface area (Å²) in [5.74, 6) is -5.21. The lowest BCUT2D eigenvalue weighted by atomic mass is 10.0. The quantitative estimate of drug-likeness (QED) is 0.155. The zero-order valence-corrected chi connectivity index (χ0v) is 27.1. The standard InChI is InChI=1S/C29H37F3N4O6SSi/c1-17(37)42-19-7-6-18(14-19)15-43(39,40)35-23-11-10-22(30)24(26(23)32)20-8-9-21-27(29(38)33-2)34-36(28(21)25(20)31)16-41-12-13-44(3,4)5/h8-11,18-19,35H,6-7,12-16H2,1-5H3,(H,33,38). The predicted molar refractivity (Wildman–Crippen MR) is 163 cm³/mol. The molecule has 4 rings (SSSR count). The van der Waals surface area contributed by atoms with Crippen LogP contribution in [0, 0.1) is 23.4 Å². The number of benzene rings is 2. The highest BCUT2D eigenvalue weighted by Gasteiger charge is 2.32. The molecular formula is C29H37F3N4O6SSi. The van der Waals surface area contributed by atoms with Crippen LogP contribution in [0.3, 0.4) is 0 Å². The van der Waals surface area contributed by atoms with E-state index in [1.807, 2.05) is 0 Å². The smallest absolute Gasteiger partial charge is 0.302 e. The van der Waals surface area contributed by atoms with Gasteiger partial charge in [0.1, 0.15) is 24.2 Å². The van der Waals surface area contributed by atoms with E-state index in [1.54, 1.807) is 0 Å². The number of carbonyl (C=O) groups is 2. The maximum atomic E-state index is 16.2. The van der Waals surface area contributed by atoms with Crippen LogP contribution >= 0.6 is 0 Å². The van der Waals surface area contributed by atoms with Gasteiger partial charge >= 0.3 is 5.97 Å². The molecule has 0 saturated heterocycles. The molecule has 44 heavy (non-hydrogen) atoms. The highest BCUT2D eigenvalue weighted by atomic mass is 32.2. The van der Waals surface area contributed by atoms with Crippen molar-refractivity contribution in [2.45, 2.75) is 64.7 Å². The van der Waals surface area contributed by atoms with E-state index < -0.39 is 64.2 Å². The topological polar surface area (TPSA) is 129 Å². The molecule has 2 unspecified atom stereocenters. The first kappa shape index (κ1) is 33.5. The maximum absolute atomic E-state index is 16.2. The molecule has 1 aromatic heterocycles. The van der Waals surface area contributed by atoms with Crippen LogP contribution < -0.4 is 10.0 Å². The molecule has 1 aliphatic rings. The van der Waals surface area contributed by atoms with Gasteiger partial charge in [0.25, 0.3) is 5.91 Å².